The quantitative estimate of drug-likeness (QED) is 0.891. The highest BCUT2D eigenvalue weighted by molar-refractivity contribution is 5.91. The van der Waals surface area contributed by atoms with E-state index in [0.29, 0.717) is 5.76 Å². The molecule has 0 spiro atoms. The lowest BCUT2D eigenvalue weighted by atomic mass is 10.2. The highest BCUT2D eigenvalue weighted by Gasteiger charge is 2.16. The highest BCUT2D eigenvalue weighted by atomic mass is 19.2. The summed E-state index contributed by atoms with van der Waals surface area (Å²) in [6, 6.07) is 5.72. The molecular formula is C15H15F2NO4. The van der Waals surface area contributed by atoms with Gasteiger partial charge in [0.25, 0.3) is 5.91 Å². The molecular weight excluding hydrogens is 296 g/mol. The molecule has 0 unspecified atom stereocenters. The smallest absolute Gasteiger partial charge is 0.287 e. The molecule has 2 rings (SSSR count). The summed E-state index contributed by atoms with van der Waals surface area (Å²) in [4.78, 5) is 11.9. The van der Waals surface area contributed by atoms with Gasteiger partial charge in [0, 0.05) is 19.2 Å². The van der Waals surface area contributed by atoms with Gasteiger partial charge in [0.15, 0.2) is 17.3 Å². The second-order valence-corrected chi connectivity index (χ2v) is 4.44. The maximum atomic E-state index is 13.8. The van der Waals surface area contributed by atoms with E-state index in [1.54, 1.807) is 6.07 Å². The number of carbonyl (C=O) groups excluding carboxylic acids is 1. The van der Waals surface area contributed by atoms with Gasteiger partial charge >= 0.3 is 0 Å². The lowest BCUT2D eigenvalue weighted by molar-refractivity contribution is 0.0914. The summed E-state index contributed by atoms with van der Waals surface area (Å²) in [5, 5.41) is 2.46. The summed E-state index contributed by atoms with van der Waals surface area (Å²) in [6.07, 6.45) is 0. The summed E-state index contributed by atoms with van der Waals surface area (Å²) >= 11 is 0. The SMILES string of the molecule is COCc1ccc(C(=O)NCc2ccc(OC)c(F)c2F)o1. The molecule has 0 fully saturated rings. The minimum absolute atomic E-state index is 0.00956. The predicted octanol–water partition coefficient (Wildman–Crippen LogP) is 2.64. The standard InChI is InChI=1S/C15H15F2NO4/c1-20-8-10-4-6-12(22-10)15(19)18-7-9-3-5-11(21-2)14(17)13(9)16/h3-6H,7-8H2,1-2H3,(H,18,19). The highest BCUT2D eigenvalue weighted by Crippen LogP contribution is 2.22. The number of methoxy groups -OCH3 is 2. The van der Waals surface area contributed by atoms with Crippen molar-refractivity contribution in [2.45, 2.75) is 13.2 Å². The van der Waals surface area contributed by atoms with Gasteiger partial charge in [-0.1, -0.05) is 6.07 Å². The fourth-order valence-electron chi connectivity index (χ4n) is 1.85. The third kappa shape index (κ3) is 3.43. The van der Waals surface area contributed by atoms with Crippen LogP contribution >= 0.6 is 0 Å². The molecule has 0 atom stereocenters. The van der Waals surface area contributed by atoms with Gasteiger partial charge in [0.05, 0.1) is 7.11 Å². The van der Waals surface area contributed by atoms with E-state index < -0.39 is 17.5 Å². The van der Waals surface area contributed by atoms with Crippen LogP contribution in [0.4, 0.5) is 8.78 Å². The predicted molar refractivity (Wildman–Crippen MR) is 73.5 cm³/mol. The van der Waals surface area contributed by atoms with E-state index in [-0.39, 0.29) is 30.2 Å². The van der Waals surface area contributed by atoms with Gasteiger partial charge in [0.1, 0.15) is 12.4 Å². The van der Waals surface area contributed by atoms with E-state index in [1.807, 2.05) is 0 Å². The van der Waals surface area contributed by atoms with E-state index >= 15 is 0 Å². The Morgan fingerprint density at radius 1 is 1.18 bits per heavy atom. The first-order valence-corrected chi connectivity index (χ1v) is 6.43. The zero-order valence-electron chi connectivity index (χ0n) is 12.1. The maximum Gasteiger partial charge on any atom is 0.287 e. The number of rotatable bonds is 6. The molecule has 0 saturated carbocycles. The summed E-state index contributed by atoms with van der Waals surface area (Å²) in [5.41, 5.74) is 0.00956. The molecule has 0 aliphatic carbocycles. The van der Waals surface area contributed by atoms with Crippen LogP contribution in [0.2, 0.25) is 0 Å². The zero-order valence-corrected chi connectivity index (χ0v) is 12.1. The fourth-order valence-corrected chi connectivity index (χ4v) is 1.85. The average molecular weight is 311 g/mol. The van der Waals surface area contributed by atoms with E-state index in [2.05, 4.69) is 10.1 Å². The number of hydrogen-bond donors (Lipinski definition) is 1. The summed E-state index contributed by atoms with van der Waals surface area (Å²) < 4.78 is 42.1. The van der Waals surface area contributed by atoms with Gasteiger partial charge in [-0.2, -0.15) is 4.39 Å². The van der Waals surface area contributed by atoms with Crippen LogP contribution in [-0.4, -0.2) is 20.1 Å². The van der Waals surface area contributed by atoms with Gasteiger partial charge in [-0.3, -0.25) is 4.79 Å². The molecule has 0 aliphatic heterocycles. The molecule has 1 N–H and O–H groups in total. The van der Waals surface area contributed by atoms with E-state index in [9.17, 15) is 13.6 Å². The molecule has 0 bridgehead atoms. The summed E-state index contributed by atoms with van der Waals surface area (Å²) in [6.45, 7) is 0.0670. The van der Waals surface area contributed by atoms with Crippen LogP contribution in [0.15, 0.2) is 28.7 Å². The Morgan fingerprint density at radius 3 is 2.64 bits per heavy atom. The molecule has 7 heteroatoms. The molecule has 1 heterocycles. The minimum atomic E-state index is -1.09. The number of carbonyl (C=O) groups is 1. The topological polar surface area (TPSA) is 60.7 Å². The van der Waals surface area contributed by atoms with Crippen LogP contribution in [0.25, 0.3) is 0 Å². The largest absolute Gasteiger partial charge is 0.494 e. The number of furan rings is 1. The van der Waals surface area contributed by atoms with Crippen molar-refractivity contribution < 1.29 is 27.5 Å². The van der Waals surface area contributed by atoms with E-state index in [4.69, 9.17) is 9.15 Å². The van der Waals surface area contributed by atoms with E-state index in [1.165, 1.54) is 32.4 Å². The Kier molecular flexibility index (Phi) is 5.11. The van der Waals surface area contributed by atoms with Crippen molar-refractivity contribution in [3.63, 3.8) is 0 Å². The number of halogens is 2. The van der Waals surface area contributed by atoms with Crippen molar-refractivity contribution in [1.29, 1.82) is 0 Å². The van der Waals surface area contributed by atoms with Crippen molar-refractivity contribution in [3.8, 4) is 5.75 Å². The van der Waals surface area contributed by atoms with Gasteiger partial charge in [-0.15, -0.1) is 0 Å². The van der Waals surface area contributed by atoms with Gasteiger partial charge in [0.2, 0.25) is 5.82 Å². The van der Waals surface area contributed by atoms with Crippen molar-refractivity contribution >= 4 is 5.91 Å². The van der Waals surface area contributed by atoms with Crippen LogP contribution in [0, 0.1) is 11.6 Å². The first kappa shape index (κ1) is 16.0. The second-order valence-electron chi connectivity index (χ2n) is 4.44. The molecule has 1 aromatic heterocycles. The molecule has 0 radical (unpaired) electrons. The number of ether oxygens (including phenoxy) is 2. The fraction of sp³-hybridized carbons (Fsp3) is 0.267. The Morgan fingerprint density at radius 2 is 1.95 bits per heavy atom. The summed E-state index contributed by atoms with van der Waals surface area (Å²) in [5.74, 6) is -2.30. The lowest BCUT2D eigenvalue weighted by Crippen LogP contribution is -2.23. The third-order valence-corrected chi connectivity index (χ3v) is 2.96. The number of hydrogen-bond acceptors (Lipinski definition) is 4. The Bertz CT molecular complexity index is 670. The Hall–Kier alpha value is -2.41. The van der Waals surface area contributed by atoms with Crippen LogP contribution in [-0.2, 0) is 17.9 Å². The molecule has 0 saturated heterocycles. The van der Waals surface area contributed by atoms with Crippen LogP contribution in [0.3, 0.4) is 0 Å². The lowest BCUT2D eigenvalue weighted by Gasteiger charge is -2.08. The summed E-state index contributed by atoms with van der Waals surface area (Å²) in [7, 11) is 2.75. The molecule has 1 aromatic carbocycles. The van der Waals surface area contributed by atoms with Crippen LogP contribution < -0.4 is 10.1 Å². The van der Waals surface area contributed by atoms with Crippen molar-refractivity contribution in [3.05, 3.63) is 53.0 Å². The van der Waals surface area contributed by atoms with Crippen LogP contribution in [0.1, 0.15) is 21.9 Å². The average Bonchev–Trinajstić information content (AvgIpc) is 2.98. The minimum Gasteiger partial charge on any atom is -0.494 e. The molecule has 1 amide bonds. The van der Waals surface area contributed by atoms with Gasteiger partial charge < -0.3 is 19.2 Å². The van der Waals surface area contributed by atoms with Crippen molar-refractivity contribution in [2.75, 3.05) is 14.2 Å². The molecule has 22 heavy (non-hydrogen) atoms. The van der Waals surface area contributed by atoms with Crippen LogP contribution in [0.5, 0.6) is 5.75 Å². The van der Waals surface area contributed by atoms with E-state index in [0.717, 1.165) is 0 Å². The monoisotopic (exact) mass is 311 g/mol. The Balaban J connectivity index is 2.03. The normalized spacial score (nSPS) is 10.5. The zero-order chi connectivity index (χ0) is 16.1. The molecule has 2 aromatic rings. The number of nitrogens with one attached hydrogen (secondary N) is 1. The molecule has 0 aliphatic rings. The second kappa shape index (κ2) is 7.04. The Labute approximate surface area is 125 Å². The van der Waals surface area contributed by atoms with Crippen molar-refractivity contribution in [2.24, 2.45) is 0 Å². The first-order chi connectivity index (χ1) is 10.6. The van der Waals surface area contributed by atoms with Gasteiger partial charge in [-0.05, 0) is 18.2 Å². The van der Waals surface area contributed by atoms with Gasteiger partial charge in [-0.25, -0.2) is 4.39 Å². The maximum absolute atomic E-state index is 13.8. The molecule has 118 valence electrons. The third-order valence-electron chi connectivity index (χ3n) is 2.96. The number of benzene rings is 1. The molecule has 5 nitrogen and oxygen atoms in total. The number of amides is 1. The van der Waals surface area contributed by atoms with Crippen molar-refractivity contribution in [1.82, 2.24) is 5.32 Å². The first-order valence-electron chi connectivity index (χ1n) is 6.43.